The number of nitrogens with zero attached hydrogens (tertiary/aromatic N) is 1. The quantitative estimate of drug-likeness (QED) is 0.789. The van der Waals surface area contributed by atoms with E-state index < -0.39 is 6.10 Å². The van der Waals surface area contributed by atoms with Gasteiger partial charge < -0.3 is 14.7 Å². The van der Waals surface area contributed by atoms with E-state index in [0.717, 1.165) is 11.3 Å². The lowest BCUT2D eigenvalue weighted by molar-refractivity contribution is 0.0644. The van der Waals surface area contributed by atoms with E-state index in [1.807, 2.05) is 43.3 Å². The van der Waals surface area contributed by atoms with Crippen LogP contribution in [-0.2, 0) is 4.74 Å². The first kappa shape index (κ1) is 11.0. The highest BCUT2D eigenvalue weighted by Crippen LogP contribution is 2.19. The van der Waals surface area contributed by atoms with Crippen LogP contribution in [0.3, 0.4) is 0 Å². The Morgan fingerprint density at radius 2 is 2.14 bits per heavy atom. The maximum Gasteiger partial charge on any atom is 0.102 e. The highest BCUT2D eigenvalue weighted by Gasteiger charge is 2.07. The predicted octanol–water partition coefficient (Wildman–Crippen LogP) is 1.43. The topological polar surface area (TPSA) is 32.7 Å². The molecule has 0 aliphatic carbocycles. The van der Waals surface area contributed by atoms with E-state index in [4.69, 9.17) is 4.74 Å². The minimum Gasteiger partial charge on any atom is -0.386 e. The summed E-state index contributed by atoms with van der Waals surface area (Å²) in [5, 5.41) is 9.68. The number of anilines is 1. The van der Waals surface area contributed by atoms with Crippen LogP contribution in [-0.4, -0.2) is 32.9 Å². The smallest absolute Gasteiger partial charge is 0.102 e. The van der Waals surface area contributed by atoms with Crippen molar-refractivity contribution in [3.8, 4) is 0 Å². The van der Waals surface area contributed by atoms with Crippen LogP contribution >= 0.6 is 0 Å². The number of benzene rings is 1. The number of methoxy groups -OCH3 is 1. The molecular weight excluding hydrogens is 178 g/mol. The number of hydrogen-bond acceptors (Lipinski definition) is 3. The molecule has 0 aliphatic rings. The summed E-state index contributed by atoms with van der Waals surface area (Å²) in [5.41, 5.74) is 1.97. The van der Waals surface area contributed by atoms with Gasteiger partial charge in [-0.15, -0.1) is 0 Å². The van der Waals surface area contributed by atoms with Crippen molar-refractivity contribution in [3.05, 3.63) is 29.8 Å². The van der Waals surface area contributed by atoms with Crippen molar-refractivity contribution < 1.29 is 9.84 Å². The van der Waals surface area contributed by atoms with Crippen LogP contribution in [0.5, 0.6) is 0 Å². The van der Waals surface area contributed by atoms with E-state index in [0.29, 0.717) is 6.61 Å². The van der Waals surface area contributed by atoms with E-state index in [2.05, 4.69) is 0 Å². The molecule has 1 aromatic rings. The first-order chi connectivity index (χ1) is 6.65. The third-order valence-corrected chi connectivity index (χ3v) is 2.10. The lowest BCUT2D eigenvalue weighted by Gasteiger charge is -2.15. The largest absolute Gasteiger partial charge is 0.386 e. The molecule has 0 bridgehead atoms. The van der Waals surface area contributed by atoms with Crippen molar-refractivity contribution in [3.63, 3.8) is 0 Å². The van der Waals surface area contributed by atoms with E-state index in [-0.39, 0.29) is 0 Å². The Hall–Kier alpha value is -1.06. The standard InChI is InChI=1S/C11H17NO2/c1-12(2)10-6-4-5-9(7-10)11(13)8-14-3/h4-7,11,13H,8H2,1-3H3. The van der Waals surface area contributed by atoms with Crippen LogP contribution in [0.25, 0.3) is 0 Å². The maximum atomic E-state index is 9.68. The SMILES string of the molecule is COCC(O)c1cccc(N(C)C)c1. The van der Waals surface area contributed by atoms with Gasteiger partial charge in [-0.3, -0.25) is 0 Å². The Morgan fingerprint density at radius 3 is 2.71 bits per heavy atom. The fourth-order valence-corrected chi connectivity index (χ4v) is 1.26. The second-order valence-electron chi connectivity index (χ2n) is 3.46. The molecule has 1 atom stereocenters. The fraction of sp³-hybridized carbons (Fsp3) is 0.455. The van der Waals surface area contributed by atoms with Gasteiger partial charge in [0.15, 0.2) is 0 Å². The molecule has 1 unspecified atom stereocenters. The van der Waals surface area contributed by atoms with Crippen LogP contribution in [0.1, 0.15) is 11.7 Å². The van der Waals surface area contributed by atoms with Gasteiger partial charge in [-0.1, -0.05) is 12.1 Å². The highest BCUT2D eigenvalue weighted by atomic mass is 16.5. The highest BCUT2D eigenvalue weighted by molar-refractivity contribution is 5.47. The van der Waals surface area contributed by atoms with Gasteiger partial charge in [-0.2, -0.15) is 0 Å². The molecule has 0 heterocycles. The molecule has 3 heteroatoms. The lowest BCUT2D eigenvalue weighted by Crippen LogP contribution is -2.10. The fourth-order valence-electron chi connectivity index (χ4n) is 1.26. The summed E-state index contributed by atoms with van der Waals surface area (Å²) in [5.74, 6) is 0. The first-order valence-corrected chi connectivity index (χ1v) is 4.59. The molecule has 1 N–H and O–H groups in total. The minimum atomic E-state index is -0.542. The van der Waals surface area contributed by atoms with Crippen LogP contribution in [0.15, 0.2) is 24.3 Å². The second-order valence-corrected chi connectivity index (χ2v) is 3.46. The molecular formula is C11H17NO2. The van der Waals surface area contributed by atoms with E-state index >= 15 is 0 Å². The molecule has 0 aromatic heterocycles. The number of ether oxygens (including phenoxy) is 1. The number of aliphatic hydroxyl groups is 1. The Balaban J connectivity index is 2.82. The lowest BCUT2D eigenvalue weighted by atomic mass is 10.1. The van der Waals surface area contributed by atoms with Crippen LogP contribution in [0.4, 0.5) is 5.69 Å². The van der Waals surface area contributed by atoms with Gasteiger partial charge in [0.1, 0.15) is 6.10 Å². The van der Waals surface area contributed by atoms with Crippen molar-refractivity contribution in [2.75, 3.05) is 32.7 Å². The maximum absolute atomic E-state index is 9.68. The third-order valence-electron chi connectivity index (χ3n) is 2.10. The number of rotatable bonds is 4. The zero-order valence-corrected chi connectivity index (χ0v) is 8.90. The van der Waals surface area contributed by atoms with Gasteiger partial charge in [0, 0.05) is 26.9 Å². The molecule has 1 aromatic carbocycles. The third kappa shape index (κ3) is 2.72. The average molecular weight is 195 g/mol. The molecule has 1 rings (SSSR count). The van der Waals surface area contributed by atoms with Gasteiger partial charge in [-0.25, -0.2) is 0 Å². The average Bonchev–Trinajstić information content (AvgIpc) is 2.18. The minimum absolute atomic E-state index is 0.330. The van der Waals surface area contributed by atoms with Crippen molar-refractivity contribution in [2.45, 2.75) is 6.10 Å². The molecule has 0 saturated heterocycles. The van der Waals surface area contributed by atoms with E-state index in [1.54, 1.807) is 7.11 Å². The first-order valence-electron chi connectivity index (χ1n) is 4.59. The molecule has 78 valence electrons. The predicted molar refractivity (Wildman–Crippen MR) is 57.6 cm³/mol. The summed E-state index contributed by atoms with van der Waals surface area (Å²) < 4.78 is 4.89. The van der Waals surface area contributed by atoms with E-state index in [9.17, 15) is 5.11 Å². The Labute approximate surface area is 84.9 Å². The summed E-state index contributed by atoms with van der Waals surface area (Å²) in [4.78, 5) is 2.00. The van der Waals surface area contributed by atoms with Gasteiger partial charge in [0.25, 0.3) is 0 Å². The summed E-state index contributed by atoms with van der Waals surface area (Å²) in [7, 11) is 5.53. The molecule has 0 radical (unpaired) electrons. The monoisotopic (exact) mass is 195 g/mol. The van der Waals surface area contributed by atoms with Gasteiger partial charge in [0.2, 0.25) is 0 Å². The Bertz CT molecular complexity index is 286. The molecule has 0 aliphatic heterocycles. The van der Waals surface area contributed by atoms with Crippen molar-refractivity contribution in [2.24, 2.45) is 0 Å². The molecule has 0 fully saturated rings. The molecule has 3 nitrogen and oxygen atoms in total. The van der Waals surface area contributed by atoms with Crippen LogP contribution in [0, 0.1) is 0 Å². The van der Waals surface area contributed by atoms with Gasteiger partial charge in [-0.05, 0) is 17.7 Å². The van der Waals surface area contributed by atoms with Crippen LogP contribution in [0.2, 0.25) is 0 Å². The zero-order valence-electron chi connectivity index (χ0n) is 8.90. The van der Waals surface area contributed by atoms with Crippen molar-refractivity contribution in [1.82, 2.24) is 0 Å². The number of hydrogen-bond donors (Lipinski definition) is 1. The van der Waals surface area contributed by atoms with E-state index in [1.165, 1.54) is 0 Å². The summed E-state index contributed by atoms with van der Waals surface area (Å²) in [6.07, 6.45) is -0.542. The van der Waals surface area contributed by atoms with Crippen LogP contribution < -0.4 is 4.90 Å². The van der Waals surface area contributed by atoms with Gasteiger partial charge in [0.05, 0.1) is 6.61 Å². The summed E-state index contributed by atoms with van der Waals surface area (Å²) in [6, 6.07) is 7.80. The molecule has 0 spiro atoms. The zero-order chi connectivity index (χ0) is 10.6. The number of aliphatic hydroxyl groups excluding tert-OH is 1. The molecule has 0 saturated carbocycles. The van der Waals surface area contributed by atoms with Gasteiger partial charge >= 0.3 is 0 Å². The van der Waals surface area contributed by atoms with Crippen molar-refractivity contribution in [1.29, 1.82) is 0 Å². The molecule has 14 heavy (non-hydrogen) atoms. The Morgan fingerprint density at radius 1 is 1.43 bits per heavy atom. The second kappa shape index (κ2) is 4.98. The molecule has 0 amide bonds. The van der Waals surface area contributed by atoms with Crippen molar-refractivity contribution >= 4 is 5.69 Å². The summed E-state index contributed by atoms with van der Waals surface area (Å²) >= 11 is 0. The summed E-state index contributed by atoms with van der Waals surface area (Å²) in [6.45, 7) is 0.330. The normalized spacial score (nSPS) is 12.6. The Kier molecular flexibility index (Phi) is 3.92.